The number of likely N-dealkylation sites (tertiary alicyclic amines) is 1. The molecule has 2 amide bonds. The third-order valence-electron chi connectivity index (χ3n) is 4.92. The van der Waals surface area contributed by atoms with Crippen LogP contribution in [0.3, 0.4) is 0 Å². The molecule has 0 N–H and O–H groups in total. The monoisotopic (exact) mass is 300 g/mol. The standard InChI is InChI=1S/C18H24N2O2/c1-2-15-8-6-7-11-19(15)18(22)14-12-17(21)20(13-14)16-9-4-3-5-10-16/h3-5,9-10,14-15H,2,6-8,11-13H2,1H3/t14-,15+/m1/s1. The molecule has 0 aromatic heterocycles. The second-order valence-corrected chi connectivity index (χ2v) is 6.33. The number of carbonyl (C=O) groups is 2. The van der Waals surface area contributed by atoms with E-state index in [9.17, 15) is 9.59 Å². The summed E-state index contributed by atoms with van der Waals surface area (Å²) >= 11 is 0. The van der Waals surface area contributed by atoms with Crippen LogP contribution in [0, 0.1) is 5.92 Å². The average Bonchev–Trinajstić information content (AvgIpc) is 2.97. The fourth-order valence-corrected chi connectivity index (χ4v) is 3.68. The molecule has 2 atom stereocenters. The first-order chi connectivity index (χ1) is 10.7. The minimum Gasteiger partial charge on any atom is -0.339 e. The Kier molecular flexibility index (Phi) is 4.46. The van der Waals surface area contributed by atoms with E-state index in [2.05, 4.69) is 6.92 Å². The molecule has 0 spiro atoms. The number of anilines is 1. The first-order valence-electron chi connectivity index (χ1n) is 8.36. The molecule has 118 valence electrons. The molecule has 1 aromatic rings. The van der Waals surface area contributed by atoms with Gasteiger partial charge >= 0.3 is 0 Å². The maximum atomic E-state index is 12.8. The van der Waals surface area contributed by atoms with Crippen LogP contribution in [-0.2, 0) is 9.59 Å². The molecule has 2 aliphatic heterocycles. The fraction of sp³-hybridized carbons (Fsp3) is 0.556. The number of carbonyl (C=O) groups excluding carboxylic acids is 2. The maximum absolute atomic E-state index is 12.8. The van der Waals surface area contributed by atoms with Gasteiger partial charge in [0.05, 0.1) is 5.92 Å². The van der Waals surface area contributed by atoms with Crippen molar-refractivity contribution in [1.82, 2.24) is 4.90 Å². The van der Waals surface area contributed by atoms with Gasteiger partial charge in [0.25, 0.3) is 0 Å². The lowest BCUT2D eigenvalue weighted by molar-refractivity contribution is -0.139. The van der Waals surface area contributed by atoms with Crippen LogP contribution in [0.4, 0.5) is 5.69 Å². The average molecular weight is 300 g/mol. The molecule has 2 fully saturated rings. The summed E-state index contributed by atoms with van der Waals surface area (Å²) in [5.41, 5.74) is 0.897. The summed E-state index contributed by atoms with van der Waals surface area (Å²) in [6.45, 7) is 3.52. The summed E-state index contributed by atoms with van der Waals surface area (Å²) < 4.78 is 0. The molecule has 2 aliphatic rings. The Hall–Kier alpha value is -1.84. The van der Waals surface area contributed by atoms with E-state index in [4.69, 9.17) is 0 Å². The lowest BCUT2D eigenvalue weighted by Gasteiger charge is -2.36. The number of piperidine rings is 1. The third-order valence-corrected chi connectivity index (χ3v) is 4.92. The zero-order valence-corrected chi connectivity index (χ0v) is 13.2. The minimum absolute atomic E-state index is 0.0645. The van der Waals surface area contributed by atoms with Gasteiger partial charge in [0.15, 0.2) is 0 Å². The van der Waals surface area contributed by atoms with Gasteiger partial charge < -0.3 is 9.80 Å². The van der Waals surface area contributed by atoms with Gasteiger partial charge in [-0.2, -0.15) is 0 Å². The normalized spacial score (nSPS) is 25.6. The first-order valence-corrected chi connectivity index (χ1v) is 8.36. The summed E-state index contributed by atoms with van der Waals surface area (Å²) in [7, 11) is 0. The van der Waals surface area contributed by atoms with E-state index in [1.165, 1.54) is 6.42 Å². The van der Waals surface area contributed by atoms with Gasteiger partial charge in [-0.1, -0.05) is 25.1 Å². The van der Waals surface area contributed by atoms with Gasteiger partial charge in [0.2, 0.25) is 11.8 Å². The van der Waals surface area contributed by atoms with Crippen LogP contribution in [-0.4, -0.2) is 35.8 Å². The Morgan fingerprint density at radius 2 is 2.00 bits per heavy atom. The Morgan fingerprint density at radius 3 is 2.73 bits per heavy atom. The smallest absolute Gasteiger partial charge is 0.228 e. The highest BCUT2D eigenvalue weighted by molar-refractivity contribution is 6.00. The fourth-order valence-electron chi connectivity index (χ4n) is 3.68. The molecule has 4 nitrogen and oxygen atoms in total. The Balaban J connectivity index is 1.71. The number of hydrogen-bond acceptors (Lipinski definition) is 2. The second-order valence-electron chi connectivity index (χ2n) is 6.33. The number of amides is 2. The van der Waals surface area contributed by atoms with Crippen LogP contribution < -0.4 is 4.90 Å². The van der Waals surface area contributed by atoms with Crippen molar-refractivity contribution in [2.75, 3.05) is 18.0 Å². The van der Waals surface area contributed by atoms with Crippen molar-refractivity contribution < 1.29 is 9.59 Å². The SMILES string of the molecule is CC[C@H]1CCCCN1C(=O)[C@@H]1CC(=O)N(c2ccccc2)C1. The topological polar surface area (TPSA) is 40.6 Å². The summed E-state index contributed by atoms with van der Waals surface area (Å²) in [6.07, 6.45) is 4.76. The van der Waals surface area contributed by atoms with Crippen LogP contribution in [0.5, 0.6) is 0 Å². The van der Waals surface area contributed by atoms with E-state index >= 15 is 0 Å². The lowest BCUT2D eigenvalue weighted by atomic mass is 9.97. The van der Waals surface area contributed by atoms with Crippen molar-refractivity contribution in [2.24, 2.45) is 5.92 Å². The summed E-state index contributed by atoms with van der Waals surface area (Å²) in [5, 5.41) is 0. The summed E-state index contributed by atoms with van der Waals surface area (Å²) in [4.78, 5) is 28.9. The van der Waals surface area contributed by atoms with Crippen molar-refractivity contribution in [3.63, 3.8) is 0 Å². The van der Waals surface area contributed by atoms with E-state index in [1.54, 1.807) is 4.90 Å². The first kappa shape index (κ1) is 15.1. The molecule has 4 heteroatoms. The van der Waals surface area contributed by atoms with E-state index in [0.717, 1.165) is 31.5 Å². The van der Waals surface area contributed by atoms with Gasteiger partial charge in [-0.3, -0.25) is 9.59 Å². The zero-order chi connectivity index (χ0) is 15.5. The Labute approximate surface area is 132 Å². The molecule has 0 radical (unpaired) electrons. The van der Waals surface area contributed by atoms with Crippen LogP contribution in [0.15, 0.2) is 30.3 Å². The summed E-state index contributed by atoms with van der Waals surface area (Å²) in [5.74, 6) is 0.0628. The van der Waals surface area contributed by atoms with Crippen molar-refractivity contribution in [2.45, 2.75) is 45.1 Å². The molecule has 22 heavy (non-hydrogen) atoms. The quantitative estimate of drug-likeness (QED) is 0.861. The second kappa shape index (κ2) is 6.51. The molecule has 0 bridgehead atoms. The van der Waals surface area contributed by atoms with Gasteiger partial charge in [-0.15, -0.1) is 0 Å². The third kappa shape index (κ3) is 2.87. The van der Waals surface area contributed by atoms with Crippen LogP contribution in [0.25, 0.3) is 0 Å². The number of para-hydroxylation sites is 1. The Bertz CT molecular complexity index is 543. The molecular formula is C18H24N2O2. The minimum atomic E-state index is -0.181. The predicted molar refractivity (Wildman–Crippen MR) is 86.5 cm³/mol. The van der Waals surface area contributed by atoms with Crippen molar-refractivity contribution in [3.8, 4) is 0 Å². The summed E-state index contributed by atoms with van der Waals surface area (Å²) in [6, 6.07) is 10.0. The number of nitrogens with zero attached hydrogens (tertiary/aromatic N) is 2. The molecule has 1 aromatic carbocycles. The molecule has 3 rings (SSSR count). The van der Waals surface area contributed by atoms with Crippen molar-refractivity contribution in [1.29, 1.82) is 0 Å². The van der Waals surface area contributed by atoms with Crippen molar-refractivity contribution in [3.05, 3.63) is 30.3 Å². The van der Waals surface area contributed by atoms with Crippen LogP contribution >= 0.6 is 0 Å². The molecule has 0 unspecified atom stereocenters. The largest absolute Gasteiger partial charge is 0.339 e. The zero-order valence-electron chi connectivity index (χ0n) is 13.2. The lowest BCUT2D eigenvalue weighted by Crippen LogP contribution is -2.46. The Morgan fingerprint density at radius 1 is 1.23 bits per heavy atom. The van der Waals surface area contributed by atoms with E-state index < -0.39 is 0 Å². The van der Waals surface area contributed by atoms with Crippen molar-refractivity contribution >= 4 is 17.5 Å². The predicted octanol–water partition coefficient (Wildman–Crippen LogP) is 2.83. The van der Waals surface area contributed by atoms with Crippen LogP contribution in [0.1, 0.15) is 39.0 Å². The molecule has 2 heterocycles. The molecule has 0 aliphatic carbocycles. The number of benzene rings is 1. The van der Waals surface area contributed by atoms with Gasteiger partial charge in [-0.05, 0) is 37.8 Å². The maximum Gasteiger partial charge on any atom is 0.228 e. The molecule has 2 saturated heterocycles. The van der Waals surface area contributed by atoms with Gasteiger partial charge in [-0.25, -0.2) is 0 Å². The van der Waals surface area contributed by atoms with E-state index in [1.807, 2.05) is 35.2 Å². The van der Waals surface area contributed by atoms with Gasteiger partial charge in [0.1, 0.15) is 0 Å². The van der Waals surface area contributed by atoms with Gasteiger partial charge in [0, 0.05) is 31.2 Å². The van der Waals surface area contributed by atoms with Crippen LogP contribution in [0.2, 0.25) is 0 Å². The molecular weight excluding hydrogens is 276 g/mol. The highest BCUT2D eigenvalue weighted by Gasteiger charge is 2.39. The van der Waals surface area contributed by atoms with E-state index in [0.29, 0.717) is 19.0 Å². The highest BCUT2D eigenvalue weighted by atomic mass is 16.2. The van der Waals surface area contributed by atoms with E-state index in [-0.39, 0.29) is 17.7 Å². The highest BCUT2D eigenvalue weighted by Crippen LogP contribution is 2.29. The number of hydrogen-bond donors (Lipinski definition) is 0. The molecule has 0 saturated carbocycles. The number of rotatable bonds is 3.